The fourth-order valence-electron chi connectivity index (χ4n) is 2.83. The molecule has 1 aliphatic heterocycles. The second-order valence-corrected chi connectivity index (χ2v) is 5.80. The summed E-state index contributed by atoms with van der Waals surface area (Å²) >= 11 is 0. The van der Waals surface area contributed by atoms with Crippen LogP contribution in [-0.4, -0.2) is 38.9 Å². The molecule has 2 aromatic heterocycles. The Balaban J connectivity index is 1.57. The van der Waals surface area contributed by atoms with Crippen LogP contribution in [0.2, 0.25) is 0 Å². The second-order valence-electron chi connectivity index (χ2n) is 5.80. The van der Waals surface area contributed by atoms with E-state index in [9.17, 15) is 9.90 Å². The van der Waals surface area contributed by atoms with Gasteiger partial charge in [0.25, 0.3) is 0 Å². The lowest BCUT2D eigenvalue weighted by Crippen LogP contribution is -2.41. The van der Waals surface area contributed by atoms with Crippen LogP contribution in [0.1, 0.15) is 24.1 Å². The molecule has 1 aliphatic rings. The Morgan fingerprint density at radius 3 is 2.96 bits per heavy atom. The van der Waals surface area contributed by atoms with Crippen molar-refractivity contribution in [1.82, 2.24) is 25.8 Å². The van der Waals surface area contributed by atoms with Crippen molar-refractivity contribution in [3.8, 4) is 11.6 Å². The first-order valence-electron chi connectivity index (χ1n) is 8.00. The van der Waals surface area contributed by atoms with Gasteiger partial charge in [-0.2, -0.15) is 5.10 Å². The van der Waals surface area contributed by atoms with E-state index >= 15 is 0 Å². The molecule has 9 heteroatoms. The molecule has 1 atom stereocenters. The van der Waals surface area contributed by atoms with Gasteiger partial charge in [-0.1, -0.05) is 30.3 Å². The summed E-state index contributed by atoms with van der Waals surface area (Å²) in [6, 6.07) is 9.03. The highest BCUT2D eigenvalue weighted by atomic mass is 16.5. The molecule has 0 saturated heterocycles. The molecule has 0 radical (unpaired) electrons. The number of amides is 2. The van der Waals surface area contributed by atoms with Crippen molar-refractivity contribution < 1.29 is 14.6 Å². The third-order valence-electron chi connectivity index (χ3n) is 4.10. The van der Waals surface area contributed by atoms with Crippen molar-refractivity contribution in [2.45, 2.75) is 13.0 Å². The van der Waals surface area contributed by atoms with Crippen molar-refractivity contribution in [3.05, 3.63) is 47.7 Å². The summed E-state index contributed by atoms with van der Waals surface area (Å²) in [5, 5.41) is 23.8. The molecule has 3 heterocycles. The van der Waals surface area contributed by atoms with E-state index in [4.69, 9.17) is 4.74 Å². The van der Waals surface area contributed by atoms with Crippen LogP contribution in [0, 0.1) is 0 Å². The summed E-state index contributed by atoms with van der Waals surface area (Å²) in [5.41, 5.74) is 1.85. The molecule has 3 aromatic rings. The molecule has 4 N–H and O–H groups in total. The summed E-state index contributed by atoms with van der Waals surface area (Å²) in [6.45, 7) is 1.83. The van der Waals surface area contributed by atoms with Gasteiger partial charge in [-0.3, -0.25) is 5.32 Å². The van der Waals surface area contributed by atoms with Crippen LogP contribution < -0.4 is 15.4 Å². The largest absolute Gasteiger partial charge is 0.492 e. The van der Waals surface area contributed by atoms with E-state index in [-0.39, 0.29) is 24.4 Å². The van der Waals surface area contributed by atoms with Gasteiger partial charge in [-0.15, -0.1) is 5.10 Å². The minimum absolute atomic E-state index is 0.0565. The zero-order valence-corrected chi connectivity index (χ0v) is 13.9. The number of aromatic nitrogens is 3. The standard InChI is InChI=1S/C17H16N6O3/c1-9(10-5-3-2-4-6-10)20-17(25)22-14-11-7-19-23-15-12(11)13(16(24)21-15)26-8-18-14/h2-7,9,24H,8H2,1H3,(H,21,23)(H2,18,20,22,25)/t9-/m1/s1. The lowest BCUT2D eigenvalue weighted by Gasteiger charge is -2.15. The summed E-state index contributed by atoms with van der Waals surface area (Å²) in [7, 11) is 0. The predicted molar refractivity (Wildman–Crippen MR) is 94.1 cm³/mol. The third-order valence-corrected chi connectivity index (χ3v) is 4.10. The molecule has 0 fully saturated rings. The summed E-state index contributed by atoms with van der Waals surface area (Å²) in [4.78, 5) is 19.3. The predicted octanol–water partition coefficient (Wildman–Crippen LogP) is 1.82. The highest BCUT2D eigenvalue weighted by Crippen LogP contribution is 2.37. The molecule has 132 valence electrons. The number of hydrogen-bond donors (Lipinski definition) is 4. The van der Waals surface area contributed by atoms with E-state index < -0.39 is 6.03 Å². The Bertz CT molecular complexity index is 998. The molecule has 26 heavy (non-hydrogen) atoms. The Morgan fingerprint density at radius 1 is 1.35 bits per heavy atom. The van der Waals surface area contributed by atoms with Gasteiger partial charge >= 0.3 is 6.03 Å². The monoisotopic (exact) mass is 352 g/mol. The third kappa shape index (κ3) is 2.79. The van der Waals surface area contributed by atoms with Gasteiger partial charge in [-0.05, 0) is 12.5 Å². The van der Waals surface area contributed by atoms with Gasteiger partial charge in [0, 0.05) is 0 Å². The number of aliphatic imine (C=N–C) groups is 1. The van der Waals surface area contributed by atoms with Crippen molar-refractivity contribution >= 4 is 22.9 Å². The van der Waals surface area contributed by atoms with Gasteiger partial charge < -0.3 is 20.1 Å². The van der Waals surface area contributed by atoms with E-state index in [1.54, 1.807) is 0 Å². The highest BCUT2D eigenvalue weighted by Gasteiger charge is 2.24. The number of amidine groups is 1. The quantitative estimate of drug-likeness (QED) is 0.560. The first-order chi connectivity index (χ1) is 12.6. The van der Waals surface area contributed by atoms with Gasteiger partial charge in [0.2, 0.25) is 5.88 Å². The van der Waals surface area contributed by atoms with E-state index in [1.807, 2.05) is 37.3 Å². The summed E-state index contributed by atoms with van der Waals surface area (Å²) < 4.78 is 5.45. The molecule has 4 rings (SSSR count). The molecule has 0 unspecified atom stereocenters. The zero-order valence-electron chi connectivity index (χ0n) is 13.9. The second kappa shape index (κ2) is 6.36. The molecule has 1 aromatic carbocycles. The highest BCUT2D eigenvalue weighted by molar-refractivity contribution is 6.15. The molecule has 0 spiro atoms. The number of benzene rings is 1. The topological polar surface area (TPSA) is 125 Å². The fraction of sp³-hybridized carbons (Fsp3) is 0.176. The number of rotatable bonds is 2. The minimum Gasteiger partial charge on any atom is -0.492 e. The number of aromatic hydroxyl groups is 1. The number of nitrogens with zero attached hydrogens (tertiary/aromatic N) is 3. The molecular weight excluding hydrogens is 336 g/mol. The maximum Gasteiger partial charge on any atom is 0.320 e. The first-order valence-corrected chi connectivity index (χ1v) is 8.00. The Hall–Kier alpha value is -3.62. The average Bonchev–Trinajstić information content (AvgIpc) is 2.84. The van der Waals surface area contributed by atoms with Crippen LogP contribution in [0.5, 0.6) is 11.6 Å². The number of urea groups is 1. The van der Waals surface area contributed by atoms with Crippen molar-refractivity contribution in [2.75, 3.05) is 6.73 Å². The zero-order chi connectivity index (χ0) is 18.1. The van der Waals surface area contributed by atoms with Gasteiger partial charge in [0.15, 0.2) is 18.1 Å². The van der Waals surface area contributed by atoms with Crippen LogP contribution in [-0.2, 0) is 0 Å². The Morgan fingerprint density at radius 2 is 2.15 bits per heavy atom. The summed E-state index contributed by atoms with van der Waals surface area (Å²) in [5.74, 6) is 0.379. The van der Waals surface area contributed by atoms with Crippen molar-refractivity contribution in [3.63, 3.8) is 0 Å². The maximum atomic E-state index is 12.4. The van der Waals surface area contributed by atoms with Gasteiger partial charge in [0.1, 0.15) is 5.84 Å². The molecular formula is C17H16N6O3. The first kappa shape index (κ1) is 15.9. The average molecular weight is 352 g/mol. The fourth-order valence-corrected chi connectivity index (χ4v) is 2.83. The number of nitrogens with one attached hydrogen (secondary N) is 3. The number of carbonyl (C=O) groups excluding carboxylic acids is 1. The smallest absolute Gasteiger partial charge is 0.320 e. The molecule has 2 amide bonds. The Kier molecular flexibility index (Phi) is 3.88. The number of H-pyrrole nitrogens is 1. The minimum atomic E-state index is -0.409. The van der Waals surface area contributed by atoms with E-state index in [0.29, 0.717) is 22.4 Å². The number of aromatic amines is 1. The van der Waals surface area contributed by atoms with Crippen LogP contribution in [0.15, 0.2) is 41.5 Å². The van der Waals surface area contributed by atoms with Crippen LogP contribution in [0.25, 0.3) is 11.0 Å². The SMILES string of the molecule is C[C@@H](NC(=O)NC1=NCOc2c(O)[nH]c3nncc1c23)c1ccccc1. The number of carbonyl (C=O) groups is 1. The number of ether oxygens (including phenoxy) is 1. The molecule has 0 aliphatic carbocycles. The van der Waals surface area contributed by atoms with Gasteiger partial charge in [0.05, 0.1) is 23.2 Å². The van der Waals surface area contributed by atoms with E-state index in [0.717, 1.165) is 5.56 Å². The van der Waals surface area contributed by atoms with Crippen LogP contribution >= 0.6 is 0 Å². The van der Waals surface area contributed by atoms with E-state index in [2.05, 4.69) is 30.8 Å². The van der Waals surface area contributed by atoms with Crippen molar-refractivity contribution in [2.24, 2.45) is 4.99 Å². The summed E-state index contributed by atoms with van der Waals surface area (Å²) in [6.07, 6.45) is 1.47. The van der Waals surface area contributed by atoms with E-state index in [1.165, 1.54) is 6.20 Å². The Labute approximate surface area is 148 Å². The lowest BCUT2D eigenvalue weighted by atomic mass is 10.1. The molecule has 9 nitrogen and oxygen atoms in total. The van der Waals surface area contributed by atoms with Gasteiger partial charge in [-0.25, -0.2) is 9.79 Å². The number of hydrogen-bond acceptors (Lipinski definition) is 6. The van der Waals surface area contributed by atoms with Crippen LogP contribution in [0.3, 0.4) is 0 Å². The molecule has 0 saturated carbocycles. The maximum absolute atomic E-state index is 12.4. The lowest BCUT2D eigenvalue weighted by molar-refractivity contribution is 0.242. The normalized spacial score (nSPS) is 14.1. The van der Waals surface area contributed by atoms with Crippen LogP contribution in [0.4, 0.5) is 4.79 Å². The van der Waals surface area contributed by atoms with Crippen molar-refractivity contribution in [1.29, 1.82) is 0 Å². The molecule has 0 bridgehead atoms.